The van der Waals surface area contributed by atoms with Gasteiger partial charge in [-0.15, -0.1) is 0 Å². The Morgan fingerprint density at radius 1 is 1.14 bits per heavy atom. The molecule has 5 heteroatoms. The Hall–Kier alpha value is -2.69. The van der Waals surface area contributed by atoms with Crippen LogP contribution in [0.15, 0.2) is 48.7 Å². The average molecular weight is 394 g/mol. The monoisotopic (exact) mass is 393 g/mol. The minimum absolute atomic E-state index is 0.0588. The van der Waals surface area contributed by atoms with Crippen LogP contribution in [0.2, 0.25) is 0 Å². The van der Waals surface area contributed by atoms with Crippen LogP contribution in [-0.4, -0.2) is 53.3 Å². The van der Waals surface area contributed by atoms with Gasteiger partial charge >= 0.3 is 0 Å². The highest BCUT2D eigenvalue weighted by atomic mass is 16.2. The number of carbonyl (C=O) groups is 2. The molecule has 1 saturated heterocycles. The van der Waals surface area contributed by atoms with Crippen molar-refractivity contribution in [3.05, 3.63) is 65.5 Å². The lowest BCUT2D eigenvalue weighted by Crippen LogP contribution is -2.39. The van der Waals surface area contributed by atoms with E-state index in [9.17, 15) is 9.59 Å². The zero-order chi connectivity index (χ0) is 20.6. The summed E-state index contributed by atoms with van der Waals surface area (Å²) in [5.74, 6) is 0.472. The molecule has 1 aromatic carbocycles. The van der Waals surface area contributed by atoms with Gasteiger partial charge in [-0.1, -0.05) is 43.7 Å². The molecule has 154 valence electrons. The maximum Gasteiger partial charge on any atom is 0.272 e. The highest BCUT2D eigenvalue weighted by Crippen LogP contribution is 2.22. The third-order valence-electron chi connectivity index (χ3n) is 5.69. The second-order valence-electron chi connectivity index (χ2n) is 7.94. The number of amides is 2. The van der Waals surface area contributed by atoms with E-state index in [2.05, 4.69) is 36.2 Å². The Morgan fingerprint density at radius 3 is 2.55 bits per heavy atom. The largest absolute Gasteiger partial charge is 0.342 e. The molecular weight excluding hydrogens is 362 g/mol. The Balaban J connectivity index is 1.57. The van der Waals surface area contributed by atoms with Gasteiger partial charge in [-0.05, 0) is 49.3 Å². The molecule has 0 spiro atoms. The van der Waals surface area contributed by atoms with Gasteiger partial charge in [0.15, 0.2) is 0 Å². The van der Waals surface area contributed by atoms with Gasteiger partial charge in [-0.25, -0.2) is 0 Å². The summed E-state index contributed by atoms with van der Waals surface area (Å²) >= 11 is 0. The van der Waals surface area contributed by atoms with Crippen molar-refractivity contribution in [1.29, 1.82) is 0 Å². The molecule has 5 nitrogen and oxygen atoms in total. The first-order valence-electron chi connectivity index (χ1n) is 10.6. The predicted octanol–water partition coefficient (Wildman–Crippen LogP) is 4.05. The summed E-state index contributed by atoms with van der Waals surface area (Å²) in [6.07, 6.45) is 6.64. The summed E-state index contributed by atoms with van der Waals surface area (Å²) < 4.78 is 0. The average Bonchev–Trinajstić information content (AvgIpc) is 2.77. The van der Waals surface area contributed by atoms with Gasteiger partial charge in [-0.3, -0.25) is 14.6 Å². The molecule has 2 aromatic rings. The van der Waals surface area contributed by atoms with Gasteiger partial charge in [0, 0.05) is 38.4 Å². The molecule has 0 radical (unpaired) electrons. The van der Waals surface area contributed by atoms with Crippen molar-refractivity contribution in [1.82, 2.24) is 14.8 Å². The maximum atomic E-state index is 12.9. The number of nitrogens with zero attached hydrogens (tertiary/aromatic N) is 3. The van der Waals surface area contributed by atoms with Crippen molar-refractivity contribution in [2.24, 2.45) is 5.92 Å². The fourth-order valence-electron chi connectivity index (χ4n) is 3.85. The van der Waals surface area contributed by atoms with Gasteiger partial charge in [0.25, 0.3) is 11.8 Å². The smallest absolute Gasteiger partial charge is 0.272 e. The van der Waals surface area contributed by atoms with Crippen LogP contribution < -0.4 is 0 Å². The standard InChI is InChI=1S/C24H31N3O2/c1-3-4-14-26(2)23(28)21-10-13-25-22(18-21)24(29)27-15-11-20(12-16-27)17-19-8-6-5-7-9-19/h5-10,13,18,20H,3-4,11-12,14-17H2,1-2H3. The molecular formula is C24H31N3O2. The van der Waals surface area contributed by atoms with E-state index in [-0.39, 0.29) is 11.8 Å². The van der Waals surface area contributed by atoms with E-state index < -0.39 is 0 Å². The SMILES string of the molecule is CCCCN(C)C(=O)c1ccnc(C(=O)N2CCC(Cc3ccccc3)CC2)c1. The van der Waals surface area contributed by atoms with Crippen molar-refractivity contribution in [3.63, 3.8) is 0 Å². The summed E-state index contributed by atoms with van der Waals surface area (Å²) in [6.45, 7) is 4.31. The number of unbranched alkanes of at least 4 members (excludes halogenated alkanes) is 1. The molecule has 0 aliphatic carbocycles. The normalized spacial score (nSPS) is 14.6. The molecule has 2 amide bonds. The molecule has 2 heterocycles. The molecule has 1 aromatic heterocycles. The second-order valence-corrected chi connectivity index (χ2v) is 7.94. The number of pyridine rings is 1. The molecule has 0 atom stereocenters. The van der Waals surface area contributed by atoms with Crippen LogP contribution in [0.4, 0.5) is 0 Å². The minimum atomic E-state index is -0.0750. The quantitative estimate of drug-likeness (QED) is 0.713. The second kappa shape index (κ2) is 10.2. The van der Waals surface area contributed by atoms with Crippen molar-refractivity contribution in [2.75, 3.05) is 26.7 Å². The third kappa shape index (κ3) is 5.66. The van der Waals surface area contributed by atoms with E-state index in [1.165, 1.54) is 5.56 Å². The molecule has 0 saturated carbocycles. The van der Waals surface area contributed by atoms with E-state index in [0.717, 1.165) is 51.7 Å². The van der Waals surface area contributed by atoms with Crippen LogP contribution in [0.5, 0.6) is 0 Å². The van der Waals surface area contributed by atoms with Crippen LogP contribution >= 0.6 is 0 Å². The highest BCUT2D eigenvalue weighted by molar-refractivity contribution is 5.98. The fraction of sp³-hybridized carbons (Fsp3) is 0.458. The first-order valence-corrected chi connectivity index (χ1v) is 10.6. The van der Waals surface area contributed by atoms with Crippen LogP contribution in [0.1, 0.15) is 59.0 Å². The van der Waals surface area contributed by atoms with Crippen molar-refractivity contribution < 1.29 is 9.59 Å². The Bertz CT molecular complexity index is 814. The van der Waals surface area contributed by atoms with E-state index >= 15 is 0 Å². The topological polar surface area (TPSA) is 53.5 Å². The van der Waals surface area contributed by atoms with E-state index in [1.54, 1.807) is 30.3 Å². The van der Waals surface area contributed by atoms with E-state index in [0.29, 0.717) is 17.2 Å². The first kappa shape index (κ1) is 21.0. The lowest BCUT2D eigenvalue weighted by atomic mass is 9.90. The van der Waals surface area contributed by atoms with Gasteiger partial charge in [0.2, 0.25) is 0 Å². The Labute approximate surface area is 173 Å². The number of aromatic nitrogens is 1. The molecule has 29 heavy (non-hydrogen) atoms. The number of carbonyl (C=O) groups excluding carboxylic acids is 2. The summed E-state index contributed by atoms with van der Waals surface area (Å²) in [4.78, 5) is 33.3. The molecule has 0 bridgehead atoms. The first-order chi connectivity index (χ1) is 14.1. The van der Waals surface area contributed by atoms with E-state index in [1.807, 2.05) is 11.0 Å². The summed E-state index contributed by atoms with van der Waals surface area (Å²) in [5.41, 5.74) is 2.25. The number of likely N-dealkylation sites (tertiary alicyclic amines) is 1. The lowest BCUT2D eigenvalue weighted by molar-refractivity contribution is 0.0684. The number of rotatable bonds is 7. The van der Waals surface area contributed by atoms with Crippen molar-refractivity contribution in [3.8, 4) is 0 Å². The molecule has 1 aliphatic rings. The zero-order valence-corrected chi connectivity index (χ0v) is 17.5. The Kier molecular flexibility index (Phi) is 7.39. The molecule has 0 unspecified atom stereocenters. The van der Waals surface area contributed by atoms with Crippen molar-refractivity contribution >= 4 is 11.8 Å². The summed E-state index contributed by atoms with van der Waals surface area (Å²) in [6, 6.07) is 13.9. The van der Waals surface area contributed by atoms with Crippen molar-refractivity contribution in [2.45, 2.75) is 39.0 Å². The van der Waals surface area contributed by atoms with E-state index in [4.69, 9.17) is 0 Å². The van der Waals surface area contributed by atoms with Gasteiger partial charge in [-0.2, -0.15) is 0 Å². The summed E-state index contributed by atoms with van der Waals surface area (Å²) in [7, 11) is 1.80. The maximum absolute atomic E-state index is 12.9. The molecule has 3 rings (SSSR count). The lowest BCUT2D eigenvalue weighted by Gasteiger charge is -2.32. The van der Waals surface area contributed by atoms with Crippen LogP contribution in [0.25, 0.3) is 0 Å². The zero-order valence-electron chi connectivity index (χ0n) is 17.5. The number of hydrogen-bond acceptors (Lipinski definition) is 3. The highest BCUT2D eigenvalue weighted by Gasteiger charge is 2.25. The fourth-order valence-corrected chi connectivity index (χ4v) is 3.85. The Morgan fingerprint density at radius 2 is 1.86 bits per heavy atom. The number of hydrogen-bond donors (Lipinski definition) is 0. The van der Waals surface area contributed by atoms with Crippen LogP contribution in [0, 0.1) is 5.92 Å². The van der Waals surface area contributed by atoms with Crippen LogP contribution in [-0.2, 0) is 6.42 Å². The number of benzene rings is 1. The van der Waals surface area contributed by atoms with Gasteiger partial charge in [0.05, 0.1) is 0 Å². The molecule has 0 N–H and O–H groups in total. The van der Waals surface area contributed by atoms with Gasteiger partial charge < -0.3 is 9.80 Å². The third-order valence-corrected chi connectivity index (χ3v) is 5.69. The predicted molar refractivity (Wildman–Crippen MR) is 115 cm³/mol. The summed E-state index contributed by atoms with van der Waals surface area (Å²) in [5, 5.41) is 0. The van der Waals surface area contributed by atoms with Crippen LogP contribution in [0.3, 0.4) is 0 Å². The molecule has 1 fully saturated rings. The van der Waals surface area contributed by atoms with Gasteiger partial charge in [0.1, 0.15) is 5.69 Å². The molecule has 1 aliphatic heterocycles. The minimum Gasteiger partial charge on any atom is -0.342 e. The number of piperidine rings is 1.